The van der Waals surface area contributed by atoms with E-state index in [1.807, 2.05) is 18.2 Å². The summed E-state index contributed by atoms with van der Waals surface area (Å²) >= 11 is 0. The lowest BCUT2D eigenvalue weighted by Gasteiger charge is -2.32. The maximum absolute atomic E-state index is 13.4. The van der Waals surface area contributed by atoms with Crippen LogP contribution < -0.4 is 10.1 Å². The molecule has 3 heterocycles. The molecule has 1 amide bonds. The maximum atomic E-state index is 13.4. The lowest BCUT2D eigenvalue weighted by atomic mass is 10.0. The van der Waals surface area contributed by atoms with Gasteiger partial charge in [-0.15, -0.1) is 0 Å². The molecule has 0 aliphatic carbocycles. The van der Waals surface area contributed by atoms with Gasteiger partial charge in [0.05, 0.1) is 6.61 Å². The molecule has 1 saturated heterocycles. The fourth-order valence-corrected chi connectivity index (χ4v) is 4.54. The fourth-order valence-electron chi connectivity index (χ4n) is 4.54. The molecule has 188 valence electrons. The largest absolute Gasteiger partial charge is 0.494 e. The zero-order chi connectivity index (χ0) is 24.9. The average molecular weight is 491 g/mol. The van der Waals surface area contributed by atoms with Crippen molar-refractivity contribution in [2.75, 3.05) is 51.7 Å². The van der Waals surface area contributed by atoms with Crippen LogP contribution in [0, 0.1) is 5.82 Å². The molecule has 2 aromatic carbocycles. The fraction of sp³-hybridized carbons (Fsp3) is 0.370. The van der Waals surface area contributed by atoms with Crippen molar-refractivity contribution in [1.29, 1.82) is 0 Å². The van der Waals surface area contributed by atoms with E-state index in [2.05, 4.69) is 49.5 Å². The first-order chi connectivity index (χ1) is 17.5. The number of aromatic amines is 1. The molecule has 2 aliphatic heterocycles. The lowest BCUT2D eigenvalue weighted by molar-refractivity contribution is -0.115. The van der Waals surface area contributed by atoms with Crippen molar-refractivity contribution in [1.82, 2.24) is 20.0 Å². The van der Waals surface area contributed by atoms with Crippen LogP contribution >= 0.6 is 0 Å². The van der Waals surface area contributed by atoms with Gasteiger partial charge in [-0.05, 0) is 48.9 Å². The number of likely N-dealkylation sites (N-methyl/N-ethyl adjacent to an activating group) is 1. The third-order valence-electron chi connectivity index (χ3n) is 6.67. The first-order valence-corrected chi connectivity index (χ1v) is 12.3. The zero-order valence-corrected chi connectivity index (χ0v) is 20.4. The Hall–Kier alpha value is -3.56. The summed E-state index contributed by atoms with van der Waals surface area (Å²) in [4.78, 5) is 21.5. The highest BCUT2D eigenvalue weighted by Gasteiger charge is 2.29. The molecule has 2 aliphatic rings. The minimum atomic E-state index is -0.560. The Morgan fingerprint density at radius 2 is 1.94 bits per heavy atom. The van der Waals surface area contributed by atoms with Crippen molar-refractivity contribution in [2.45, 2.75) is 18.8 Å². The number of piperazine rings is 1. The smallest absolute Gasteiger partial charge is 0.237 e. The summed E-state index contributed by atoms with van der Waals surface area (Å²) in [5.74, 6) is 0.201. The van der Waals surface area contributed by atoms with E-state index in [-0.39, 0.29) is 11.7 Å². The number of aromatic nitrogens is 2. The van der Waals surface area contributed by atoms with Gasteiger partial charge in [0.15, 0.2) is 5.82 Å². The number of hydrogen-bond acceptors (Lipinski definition) is 6. The van der Waals surface area contributed by atoms with Crippen LogP contribution in [-0.4, -0.2) is 78.5 Å². The Labute approximate surface area is 210 Å². The highest BCUT2D eigenvalue weighted by atomic mass is 19.1. The van der Waals surface area contributed by atoms with Gasteiger partial charge >= 0.3 is 0 Å². The van der Waals surface area contributed by atoms with Crippen molar-refractivity contribution in [3.8, 4) is 5.75 Å². The van der Waals surface area contributed by atoms with E-state index in [1.54, 1.807) is 12.3 Å². The van der Waals surface area contributed by atoms with Crippen molar-refractivity contribution in [3.63, 3.8) is 0 Å². The van der Waals surface area contributed by atoms with Crippen molar-refractivity contribution in [2.24, 2.45) is 4.99 Å². The van der Waals surface area contributed by atoms with Crippen LogP contribution in [0.2, 0.25) is 0 Å². The standard InChI is InChI=1S/C27H31FN6O2/c1-33-10-12-34(13-11-33)9-2-14-36-22-6-3-19(4-7-22)15-21-17-26(32-31-21)29-18-24-23-8-5-20(28)16-25(23)30-27(24)35/h3-8,16-18,24H,2,9-15H2,1H3,(H,30,35)(H,31,32). The Morgan fingerprint density at radius 1 is 1.14 bits per heavy atom. The molecule has 0 radical (unpaired) electrons. The van der Waals surface area contributed by atoms with Gasteiger partial charge in [-0.1, -0.05) is 18.2 Å². The number of fused-ring (bicyclic) bond motifs is 1. The second-order valence-electron chi connectivity index (χ2n) is 9.40. The molecule has 0 bridgehead atoms. The summed E-state index contributed by atoms with van der Waals surface area (Å²) in [5, 5.41) is 9.92. The molecule has 1 unspecified atom stereocenters. The molecule has 2 N–H and O–H groups in total. The second kappa shape index (κ2) is 11.0. The van der Waals surface area contributed by atoms with Crippen LogP contribution in [0.15, 0.2) is 53.5 Å². The molecular weight excluding hydrogens is 459 g/mol. The minimum Gasteiger partial charge on any atom is -0.494 e. The Balaban J connectivity index is 1.09. The molecule has 0 saturated carbocycles. The number of H-pyrrole nitrogens is 1. The number of carbonyl (C=O) groups is 1. The van der Waals surface area contributed by atoms with Gasteiger partial charge in [-0.25, -0.2) is 9.38 Å². The van der Waals surface area contributed by atoms with Crippen LogP contribution in [0.25, 0.3) is 0 Å². The lowest BCUT2D eigenvalue weighted by Crippen LogP contribution is -2.44. The summed E-state index contributed by atoms with van der Waals surface area (Å²) in [6, 6.07) is 14.2. The molecule has 8 nitrogen and oxygen atoms in total. The normalized spacial score (nSPS) is 18.5. The summed E-state index contributed by atoms with van der Waals surface area (Å²) in [7, 11) is 2.17. The molecule has 1 aromatic heterocycles. The summed E-state index contributed by atoms with van der Waals surface area (Å²) in [6.45, 7) is 6.34. The van der Waals surface area contributed by atoms with Gasteiger partial charge < -0.3 is 19.9 Å². The molecule has 0 spiro atoms. The van der Waals surface area contributed by atoms with Gasteiger partial charge in [0.25, 0.3) is 0 Å². The van der Waals surface area contributed by atoms with Crippen LogP contribution in [-0.2, 0) is 11.2 Å². The van der Waals surface area contributed by atoms with Crippen LogP contribution in [0.3, 0.4) is 0 Å². The predicted octanol–water partition coefficient (Wildman–Crippen LogP) is 3.59. The SMILES string of the molecule is CN1CCN(CCCOc2ccc(Cc3cc(N=CC4C(=O)Nc5cc(F)ccc54)n[nH]3)cc2)CC1. The Morgan fingerprint density at radius 3 is 2.75 bits per heavy atom. The number of nitrogens with zero attached hydrogens (tertiary/aromatic N) is 4. The van der Waals surface area contributed by atoms with Crippen molar-refractivity contribution >= 4 is 23.6 Å². The number of benzene rings is 2. The highest BCUT2D eigenvalue weighted by molar-refractivity contribution is 6.12. The number of anilines is 1. The predicted molar refractivity (Wildman–Crippen MR) is 138 cm³/mol. The molecule has 5 rings (SSSR count). The highest BCUT2D eigenvalue weighted by Crippen LogP contribution is 2.32. The summed E-state index contributed by atoms with van der Waals surface area (Å²) in [6.07, 6.45) is 3.25. The van der Waals surface area contributed by atoms with Crippen LogP contribution in [0.5, 0.6) is 5.75 Å². The van der Waals surface area contributed by atoms with Crippen LogP contribution in [0.4, 0.5) is 15.9 Å². The average Bonchev–Trinajstić information content (AvgIpc) is 3.45. The first kappa shape index (κ1) is 24.1. The molecule has 1 atom stereocenters. The van der Waals surface area contributed by atoms with Gasteiger partial charge in [-0.3, -0.25) is 9.89 Å². The quantitative estimate of drug-likeness (QED) is 0.354. The van der Waals surface area contributed by atoms with E-state index in [4.69, 9.17) is 4.74 Å². The number of ether oxygens (including phenoxy) is 1. The third-order valence-corrected chi connectivity index (χ3v) is 6.67. The van der Waals surface area contributed by atoms with E-state index in [9.17, 15) is 9.18 Å². The Kier molecular flexibility index (Phi) is 7.39. The summed E-state index contributed by atoms with van der Waals surface area (Å²) in [5.41, 5.74) is 3.25. The number of halogens is 1. The van der Waals surface area contributed by atoms with Gasteiger partial charge in [-0.2, -0.15) is 5.10 Å². The summed E-state index contributed by atoms with van der Waals surface area (Å²) < 4.78 is 19.3. The molecule has 1 fully saturated rings. The van der Waals surface area contributed by atoms with Crippen LogP contribution in [0.1, 0.15) is 29.2 Å². The minimum absolute atomic E-state index is 0.225. The molecule has 36 heavy (non-hydrogen) atoms. The van der Waals surface area contributed by atoms with Crippen molar-refractivity contribution < 1.29 is 13.9 Å². The van der Waals surface area contributed by atoms with Crippen molar-refractivity contribution in [3.05, 3.63) is 71.2 Å². The van der Waals surface area contributed by atoms with Gasteiger partial charge in [0.2, 0.25) is 5.91 Å². The number of aliphatic imine (C=N–C) groups is 1. The monoisotopic (exact) mass is 490 g/mol. The number of carbonyl (C=O) groups excluding carboxylic acids is 1. The van der Waals surface area contributed by atoms with E-state index >= 15 is 0 Å². The second-order valence-corrected chi connectivity index (χ2v) is 9.40. The zero-order valence-electron chi connectivity index (χ0n) is 20.4. The maximum Gasteiger partial charge on any atom is 0.237 e. The molecular formula is C27H31FN6O2. The topological polar surface area (TPSA) is 85.8 Å². The van der Waals surface area contributed by atoms with Gasteiger partial charge in [0, 0.05) is 62.8 Å². The molecule has 9 heteroatoms. The third kappa shape index (κ3) is 5.98. The van der Waals surface area contributed by atoms with Gasteiger partial charge in [0.1, 0.15) is 17.5 Å². The molecule has 3 aromatic rings. The number of rotatable bonds is 9. The Bertz CT molecular complexity index is 1220. The first-order valence-electron chi connectivity index (χ1n) is 12.3. The number of nitrogens with one attached hydrogen (secondary N) is 2. The van der Waals surface area contributed by atoms with E-state index in [1.165, 1.54) is 12.1 Å². The van der Waals surface area contributed by atoms with E-state index in [0.717, 1.165) is 56.2 Å². The van der Waals surface area contributed by atoms with E-state index in [0.29, 0.717) is 30.1 Å². The number of hydrogen-bond donors (Lipinski definition) is 2. The van der Waals surface area contributed by atoms with E-state index < -0.39 is 5.92 Å². The number of amides is 1.